The number of fused-ring (bicyclic) bond motifs is 1. The van der Waals surface area contributed by atoms with E-state index in [0.29, 0.717) is 32.7 Å². The van der Waals surface area contributed by atoms with Crippen LogP contribution < -0.4 is 5.32 Å². The largest absolute Gasteiger partial charge is 0.433 e. The number of amides is 1. The number of nitrogens with zero attached hydrogens (tertiary/aromatic N) is 5. The van der Waals surface area contributed by atoms with Crippen LogP contribution in [-0.4, -0.2) is 30.3 Å². The molecule has 0 saturated carbocycles. The molecule has 0 spiro atoms. The lowest BCUT2D eigenvalue weighted by Gasteiger charge is -2.12. The minimum Gasteiger partial charge on any atom is -0.317 e. The van der Waals surface area contributed by atoms with Crippen LogP contribution in [-0.2, 0) is 12.7 Å². The first-order chi connectivity index (χ1) is 18.9. The molecule has 11 heteroatoms. The quantitative estimate of drug-likeness (QED) is 0.236. The second kappa shape index (κ2) is 10.2. The van der Waals surface area contributed by atoms with Crippen LogP contribution in [0.15, 0.2) is 60.7 Å². The van der Waals surface area contributed by atoms with E-state index >= 15 is 0 Å². The Kier molecular flexibility index (Phi) is 6.91. The molecule has 0 atom stereocenters. The van der Waals surface area contributed by atoms with Gasteiger partial charge >= 0.3 is 6.18 Å². The normalized spacial score (nSPS) is 11.9. The fourth-order valence-corrected chi connectivity index (χ4v) is 4.47. The molecule has 1 N–H and O–H groups in total. The molecule has 0 aliphatic carbocycles. The fourth-order valence-electron chi connectivity index (χ4n) is 4.47. The standard InChI is InChI=1S/C29H26F4N6O/c1-16(2)19-9-11-20(12-10-19)23-13-25(29(31,32)33)39-26(34-23)14-24(37-39)28(40)35-27-17(3)36-38(18(27)4)15-21-7-5-6-8-22(21)30/h5-14,16H,15H2,1-4H3,(H,35,40). The molecule has 5 rings (SSSR count). The third-order valence-corrected chi connectivity index (χ3v) is 6.72. The van der Waals surface area contributed by atoms with E-state index in [9.17, 15) is 22.4 Å². The highest BCUT2D eigenvalue weighted by Crippen LogP contribution is 2.33. The van der Waals surface area contributed by atoms with Crippen molar-refractivity contribution in [3.05, 3.63) is 100 Å². The summed E-state index contributed by atoms with van der Waals surface area (Å²) >= 11 is 0. The van der Waals surface area contributed by atoms with Crippen LogP contribution in [0.1, 0.15) is 58.5 Å². The Bertz CT molecular complexity index is 1720. The lowest BCUT2D eigenvalue weighted by molar-refractivity contribution is -0.142. The summed E-state index contributed by atoms with van der Waals surface area (Å²) in [5.74, 6) is -0.836. The number of aromatic nitrogens is 5. The van der Waals surface area contributed by atoms with Gasteiger partial charge in [0.15, 0.2) is 17.0 Å². The van der Waals surface area contributed by atoms with E-state index < -0.39 is 17.8 Å². The smallest absolute Gasteiger partial charge is 0.317 e. The van der Waals surface area contributed by atoms with Crippen LogP contribution in [0.5, 0.6) is 0 Å². The zero-order valence-electron chi connectivity index (χ0n) is 22.2. The number of alkyl halides is 3. The van der Waals surface area contributed by atoms with Gasteiger partial charge in [-0.05, 0) is 37.5 Å². The number of hydrogen-bond donors (Lipinski definition) is 1. The van der Waals surface area contributed by atoms with Gasteiger partial charge in [0.05, 0.1) is 29.3 Å². The third kappa shape index (κ3) is 5.18. The van der Waals surface area contributed by atoms with Gasteiger partial charge in [0, 0.05) is 17.2 Å². The Balaban J connectivity index is 1.48. The van der Waals surface area contributed by atoms with Crippen molar-refractivity contribution < 1.29 is 22.4 Å². The monoisotopic (exact) mass is 550 g/mol. The highest BCUT2D eigenvalue weighted by Gasteiger charge is 2.36. The molecule has 0 bridgehead atoms. The van der Waals surface area contributed by atoms with Gasteiger partial charge in [-0.1, -0.05) is 56.3 Å². The predicted molar refractivity (Wildman–Crippen MR) is 143 cm³/mol. The van der Waals surface area contributed by atoms with Crippen LogP contribution in [0.2, 0.25) is 0 Å². The third-order valence-electron chi connectivity index (χ3n) is 6.72. The molecule has 40 heavy (non-hydrogen) atoms. The molecular formula is C29H26F4N6O. The first kappa shape index (κ1) is 27.0. The van der Waals surface area contributed by atoms with Gasteiger partial charge in [-0.15, -0.1) is 0 Å². The lowest BCUT2D eigenvalue weighted by Crippen LogP contribution is -2.16. The number of hydrogen-bond acceptors (Lipinski definition) is 4. The summed E-state index contributed by atoms with van der Waals surface area (Å²) in [5, 5.41) is 11.0. The molecule has 7 nitrogen and oxygen atoms in total. The van der Waals surface area contributed by atoms with Gasteiger partial charge in [-0.3, -0.25) is 9.48 Å². The Hall–Kier alpha value is -4.54. The number of carbonyl (C=O) groups is 1. The number of rotatable bonds is 6. The highest BCUT2D eigenvalue weighted by molar-refractivity contribution is 6.04. The first-order valence-electron chi connectivity index (χ1n) is 12.6. The molecule has 0 unspecified atom stereocenters. The SMILES string of the molecule is Cc1nn(Cc2ccccc2F)c(C)c1NC(=O)c1cc2nc(-c3ccc(C(C)C)cc3)cc(C(F)(F)F)n2n1. The lowest BCUT2D eigenvalue weighted by atomic mass is 10.0. The van der Waals surface area contributed by atoms with Crippen LogP contribution >= 0.6 is 0 Å². The van der Waals surface area contributed by atoms with E-state index in [-0.39, 0.29) is 35.3 Å². The van der Waals surface area contributed by atoms with Crippen molar-refractivity contribution in [1.29, 1.82) is 0 Å². The van der Waals surface area contributed by atoms with Gasteiger partial charge in [0.25, 0.3) is 5.91 Å². The van der Waals surface area contributed by atoms with Gasteiger partial charge in [-0.2, -0.15) is 23.4 Å². The summed E-state index contributed by atoms with van der Waals surface area (Å²) in [4.78, 5) is 17.5. The highest BCUT2D eigenvalue weighted by atomic mass is 19.4. The van der Waals surface area contributed by atoms with Crippen molar-refractivity contribution in [2.75, 3.05) is 5.32 Å². The predicted octanol–water partition coefficient (Wildman–Crippen LogP) is 6.79. The molecule has 3 aromatic heterocycles. The van der Waals surface area contributed by atoms with E-state index in [1.807, 2.05) is 26.0 Å². The molecule has 0 radical (unpaired) electrons. The van der Waals surface area contributed by atoms with Crippen LogP contribution in [0, 0.1) is 19.7 Å². The summed E-state index contributed by atoms with van der Waals surface area (Å²) < 4.78 is 58.4. The second-order valence-corrected chi connectivity index (χ2v) is 9.85. The summed E-state index contributed by atoms with van der Waals surface area (Å²) in [7, 11) is 0. The van der Waals surface area contributed by atoms with Gasteiger partial charge < -0.3 is 5.32 Å². The molecule has 1 amide bonds. The average Bonchev–Trinajstić information content (AvgIpc) is 3.45. The summed E-state index contributed by atoms with van der Waals surface area (Å²) in [5.41, 5.74) is 2.07. The Labute approximate surface area is 227 Å². The van der Waals surface area contributed by atoms with Crippen molar-refractivity contribution in [3.8, 4) is 11.3 Å². The van der Waals surface area contributed by atoms with Crippen LogP contribution in [0.25, 0.3) is 16.9 Å². The molecule has 2 aromatic carbocycles. The molecule has 3 heterocycles. The molecular weight excluding hydrogens is 524 g/mol. The maximum atomic E-state index is 14.1. The maximum Gasteiger partial charge on any atom is 0.433 e. The van der Waals surface area contributed by atoms with E-state index in [1.165, 1.54) is 12.1 Å². The maximum absolute atomic E-state index is 14.1. The van der Waals surface area contributed by atoms with Gasteiger partial charge in [0.1, 0.15) is 5.82 Å². The van der Waals surface area contributed by atoms with E-state index in [2.05, 4.69) is 20.5 Å². The van der Waals surface area contributed by atoms with Gasteiger partial charge in [-0.25, -0.2) is 13.9 Å². The zero-order valence-corrected chi connectivity index (χ0v) is 22.2. The van der Waals surface area contributed by atoms with Crippen molar-refractivity contribution in [2.45, 2.75) is 46.3 Å². The Morgan fingerprint density at radius 3 is 2.35 bits per heavy atom. The van der Waals surface area contributed by atoms with Crippen molar-refractivity contribution in [2.24, 2.45) is 0 Å². The van der Waals surface area contributed by atoms with Gasteiger partial charge in [0.2, 0.25) is 0 Å². The molecule has 0 saturated heterocycles. The fraction of sp³-hybridized carbons (Fsp3) is 0.241. The molecule has 0 aliphatic heterocycles. The number of aryl methyl sites for hydroxylation is 1. The zero-order chi connectivity index (χ0) is 28.8. The van der Waals surface area contributed by atoms with E-state index in [0.717, 1.165) is 11.6 Å². The summed E-state index contributed by atoms with van der Waals surface area (Å²) in [6, 6.07) is 15.6. The topological polar surface area (TPSA) is 77.1 Å². The van der Waals surface area contributed by atoms with Crippen LogP contribution in [0.4, 0.5) is 23.2 Å². The Morgan fingerprint density at radius 1 is 1.00 bits per heavy atom. The second-order valence-electron chi connectivity index (χ2n) is 9.85. The molecule has 5 aromatic rings. The van der Waals surface area contributed by atoms with E-state index in [1.54, 1.807) is 48.9 Å². The van der Waals surface area contributed by atoms with Crippen molar-refractivity contribution in [3.63, 3.8) is 0 Å². The van der Waals surface area contributed by atoms with E-state index in [4.69, 9.17) is 0 Å². The minimum absolute atomic E-state index is 0.114. The number of nitrogens with one attached hydrogen (secondary N) is 1. The Morgan fingerprint density at radius 2 is 1.70 bits per heavy atom. The summed E-state index contributed by atoms with van der Waals surface area (Å²) in [6.07, 6.45) is -4.74. The van der Waals surface area contributed by atoms with Crippen LogP contribution in [0.3, 0.4) is 0 Å². The molecule has 206 valence electrons. The number of carbonyl (C=O) groups excluding carboxylic acids is 1. The molecule has 0 fully saturated rings. The number of benzene rings is 2. The van der Waals surface area contributed by atoms with Crippen molar-refractivity contribution >= 4 is 17.2 Å². The average molecular weight is 551 g/mol. The number of halogens is 4. The number of anilines is 1. The van der Waals surface area contributed by atoms with Crippen molar-refractivity contribution in [1.82, 2.24) is 24.4 Å². The molecule has 0 aliphatic rings. The minimum atomic E-state index is -4.74. The summed E-state index contributed by atoms with van der Waals surface area (Å²) in [6.45, 7) is 7.57. The first-order valence-corrected chi connectivity index (χ1v) is 12.6.